The van der Waals surface area contributed by atoms with Crippen molar-refractivity contribution in [1.82, 2.24) is 4.90 Å². The largest absolute Gasteiger partial charge is 0.495 e. The van der Waals surface area contributed by atoms with Gasteiger partial charge < -0.3 is 20.3 Å². The number of rotatable bonds is 7. The molecule has 8 heteroatoms. The topological polar surface area (TPSA) is 73.9 Å². The second kappa shape index (κ2) is 11.0. The summed E-state index contributed by atoms with van der Waals surface area (Å²) in [4.78, 5) is 29.5. The van der Waals surface area contributed by atoms with E-state index < -0.39 is 0 Å². The van der Waals surface area contributed by atoms with Gasteiger partial charge in [-0.2, -0.15) is 0 Å². The second-order valence-electron chi connectivity index (χ2n) is 8.02. The van der Waals surface area contributed by atoms with Crippen molar-refractivity contribution in [1.29, 1.82) is 0 Å². The summed E-state index contributed by atoms with van der Waals surface area (Å²) in [5, 5.41) is 6.48. The van der Waals surface area contributed by atoms with Crippen molar-refractivity contribution in [2.45, 2.75) is 0 Å². The Morgan fingerprint density at radius 2 is 1.56 bits per heavy atom. The summed E-state index contributed by atoms with van der Waals surface area (Å²) in [5.41, 5.74) is 2.88. The molecule has 1 aliphatic rings. The summed E-state index contributed by atoms with van der Waals surface area (Å²) in [6.45, 7) is 3.64. The van der Waals surface area contributed by atoms with Crippen LogP contribution in [0.3, 0.4) is 0 Å². The van der Waals surface area contributed by atoms with Gasteiger partial charge in [0.1, 0.15) is 5.75 Å². The molecule has 0 unspecified atom stereocenters. The van der Waals surface area contributed by atoms with Gasteiger partial charge in [-0.1, -0.05) is 23.7 Å². The third-order valence-electron chi connectivity index (χ3n) is 5.72. The molecular formula is C26H27ClN4O3. The van der Waals surface area contributed by atoms with E-state index in [4.69, 9.17) is 16.3 Å². The zero-order chi connectivity index (χ0) is 23.9. The predicted octanol–water partition coefficient (Wildman–Crippen LogP) is 4.36. The van der Waals surface area contributed by atoms with E-state index in [1.165, 1.54) is 0 Å². The van der Waals surface area contributed by atoms with E-state index in [-0.39, 0.29) is 11.8 Å². The zero-order valence-corrected chi connectivity index (χ0v) is 19.7. The molecule has 0 aromatic heterocycles. The smallest absolute Gasteiger partial charge is 0.255 e. The number of benzene rings is 3. The van der Waals surface area contributed by atoms with Crippen LogP contribution in [0.5, 0.6) is 5.75 Å². The van der Waals surface area contributed by atoms with Crippen molar-refractivity contribution in [2.75, 3.05) is 55.4 Å². The first-order valence-electron chi connectivity index (χ1n) is 11.1. The van der Waals surface area contributed by atoms with Crippen LogP contribution >= 0.6 is 11.6 Å². The number of halogens is 1. The van der Waals surface area contributed by atoms with E-state index >= 15 is 0 Å². The molecule has 0 aliphatic carbocycles. The number of nitrogens with one attached hydrogen (secondary N) is 2. The van der Waals surface area contributed by atoms with Crippen LogP contribution in [0.25, 0.3) is 0 Å². The first-order chi connectivity index (χ1) is 16.5. The number of anilines is 3. The Morgan fingerprint density at radius 3 is 2.24 bits per heavy atom. The molecule has 2 amide bonds. The molecule has 0 radical (unpaired) electrons. The second-order valence-corrected chi connectivity index (χ2v) is 8.46. The van der Waals surface area contributed by atoms with Gasteiger partial charge in [-0.05, 0) is 60.7 Å². The summed E-state index contributed by atoms with van der Waals surface area (Å²) < 4.78 is 5.27. The van der Waals surface area contributed by atoms with E-state index in [9.17, 15) is 9.59 Å². The van der Waals surface area contributed by atoms with Gasteiger partial charge in [-0.25, -0.2) is 0 Å². The quantitative estimate of drug-likeness (QED) is 0.527. The summed E-state index contributed by atoms with van der Waals surface area (Å²) in [6.07, 6.45) is 0. The van der Waals surface area contributed by atoms with Crippen LogP contribution in [0.1, 0.15) is 10.4 Å². The maximum atomic E-state index is 12.6. The van der Waals surface area contributed by atoms with Gasteiger partial charge in [-0.15, -0.1) is 0 Å². The van der Waals surface area contributed by atoms with Crippen LogP contribution in [0, 0.1) is 0 Å². The molecular weight excluding hydrogens is 452 g/mol. The maximum Gasteiger partial charge on any atom is 0.255 e. The number of hydrogen-bond acceptors (Lipinski definition) is 5. The number of ether oxygens (including phenoxy) is 1. The van der Waals surface area contributed by atoms with Crippen molar-refractivity contribution < 1.29 is 14.3 Å². The summed E-state index contributed by atoms with van der Waals surface area (Å²) in [5.74, 6) is 0.265. The van der Waals surface area contributed by atoms with Gasteiger partial charge in [0.25, 0.3) is 5.91 Å². The molecule has 3 aromatic rings. The van der Waals surface area contributed by atoms with Crippen LogP contribution in [0.2, 0.25) is 5.02 Å². The molecule has 0 spiro atoms. The van der Waals surface area contributed by atoms with Crippen molar-refractivity contribution in [3.63, 3.8) is 0 Å². The molecule has 7 nitrogen and oxygen atoms in total. The van der Waals surface area contributed by atoms with Crippen LogP contribution in [-0.2, 0) is 4.79 Å². The monoisotopic (exact) mass is 478 g/mol. The fraction of sp³-hybridized carbons (Fsp3) is 0.231. The van der Waals surface area contributed by atoms with E-state index in [0.29, 0.717) is 29.2 Å². The van der Waals surface area contributed by atoms with E-state index in [0.717, 1.165) is 36.9 Å². The van der Waals surface area contributed by atoms with Crippen LogP contribution in [-0.4, -0.2) is 56.5 Å². The van der Waals surface area contributed by atoms with Crippen molar-refractivity contribution in [3.05, 3.63) is 83.4 Å². The molecule has 2 N–H and O–H groups in total. The fourth-order valence-corrected chi connectivity index (χ4v) is 3.99. The third-order valence-corrected chi connectivity index (χ3v) is 5.97. The first kappa shape index (κ1) is 23.6. The minimum atomic E-state index is -0.249. The lowest BCUT2D eigenvalue weighted by atomic mass is 10.2. The lowest BCUT2D eigenvalue weighted by Gasteiger charge is -2.35. The number of nitrogens with zero attached hydrogens (tertiary/aromatic N) is 2. The van der Waals surface area contributed by atoms with Gasteiger partial charge in [-0.3, -0.25) is 14.5 Å². The molecule has 1 heterocycles. The number of hydrogen-bond donors (Lipinski definition) is 2. The van der Waals surface area contributed by atoms with Gasteiger partial charge in [0, 0.05) is 48.1 Å². The number of piperazine rings is 1. The molecule has 176 valence electrons. The van der Waals surface area contributed by atoms with E-state index in [2.05, 4.69) is 20.4 Å². The number of carbonyl (C=O) groups is 2. The Bertz CT molecular complexity index is 1130. The number of methoxy groups -OCH3 is 1. The van der Waals surface area contributed by atoms with Crippen LogP contribution in [0.4, 0.5) is 17.1 Å². The highest BCUT2D eigenvalue weighted by Gasteiger charge is 2.19. The first-order valence-corrected chi connectivity index (χ1v) is 11.5. The zero-order valence-electron chi connectivity index (χ0n) is 19.0. The Kier molecular flexibility index (Phi) is 7.67. The molecule has 0 atom stereocenters. The number of para-hydroxylation sites is 2. The van der Waals surface area contributed by atoms with E-state index in [1.807, 2.05) is 36.4 Å². The summed E-state index contributed by atoms with van der Waals surface area (Å²) in [7, 11) is 1.56. The molecule has 0 bridgehead atoms. The summed E-state index contributed by atoms with van der Waals surface area (Å²) >= 11 is 5.97. The SMILES string of the molecule is COc1ccccc1NC(=O)c1ccc(NC(=O)CN2CCN(c3ccc(Cl)cc3)CC2)cc1. The molecule has 34 heavy (non-hydrogen) atoms. The van der Waals surface area contributed by atoms with Gasteiger partial charge >= 0.3 is 0 Å². The molecule has 3 aromatic carbocycles. The van der Waals surface area contributed by atoms with E-state index in [1.54, 1.807) is 43.5 Å². The van der Waals surface area contributed by atoms with Gasteiger partial charge in [0.15, 0.2) is 0 Å². The highest BCUT2D eigenvalue weighted by molar-refractivity contribution is 6.30. The Hall–Kier alpha value is -3.55. The van der Waals surface area contributed by atoms with Crippen molar-refractivity contribution >= 4 is 40.5 Å². The number of carbonyl (C=O) groups excluding carboxylic acids is 2. The average Bonchev–Trinajstić information content (AvgIpc) is 2.86. The minimum Gasteiger partial charge on any atom is -0.495 e. The molecule has 1 saturated heterocycles. The van der Waals surface area contributed by atoms with Gasteiger partial charge in [0.2, 0.25) is 5.91 Å². The Balaban J connectivity index is 1.25. The highest BCUT2D eigenvalue weighted by Crippen LogP contribution is 2.24. The molecule has 4 rings (SSSR count). The lowest BCUT2D eigenvalue weighted by Crippen LogP contribution is -2.48. The summed E-state index contributed by atoms with van der Waals surface area (Å²) in [6, 6.07) is 21.9. The minimum absolute atomic E-state index is 0.0776. The van der Waals surface area contributed by atoms with Gasteiger partial charge in [0.05, 0.1) is 19.3 Å². The predicted molar refractivity (Wildman–Crippen MR) is 136 cm³/mol. The molecule has 1 aliphatic heterocycles. The lowest BCUT2D eigenvalue weighted by molar-refractivity contribution is -0.117. The highest BCUT2D eigenvalue weighted by atomic mass is 35.5. The van der Waals surface area contributed by atoms with Crippen molar-refractivity contribution in [3.8, 4) is 5.75 Å². The van der Waals surface area contributed by atoms with Crippen LogP contribution in [0.15, 0.2) is 72.8 Å². The average molecular weight is 479 g/mol. The molecule has 1 fully saturated rings. The fourth-order valence-electron chi connectivity index (χ4n) is 3.87. The third kappa shape index (κ3) is 6.07. The normalized spacial score (nSPS) is 13.9. The Morgan fingerprint density at radius 1 is 0.882 bits per heavy atom. The molecule has 0 saturated carbocycles. The maximum absolute atomic E-state index is 12.6. The number of amides is 2. The van der Waals surface area contributed by atoms with Crippen molar-refractivity contribution in [2.24, 2.45) is 0 Å². The standard InChI is InChI=1S/C26H27ClN4O3/c1-34-24-5-3-2-4-23(24)29-26(33)19-6-10-21(11-7-19)28-25(32)18-30-14-16-31(17-15-30)22-12-8-20(27)9-13-22/h2-13H,14-18H2,1H3,(H,28,32)(H,29,33). The Labute approximate surface area is 204 Å². The van der Waals surface area contributed by atoms with Crippen LogP contribution < -0.4 is 20.3 Å².